The Bertz CT molecular complexity index is 287. The monoisotopic (exact) mass is 258 g/mol. The number of ether oxygens (including phenoxy) is 1. The molecular weight excluding hydrogens is 244 g/mol. The van der Waals surface area contributed by atoms with Crippen LogP contribution >= 0.6 is 15.9 Å². The Kier molecular flexibility index (Phi) is 5.15. The van der Waals surface area contributed by atoms with E-state index in [1.54, 1.807) is 7.11 Å². The standard InChI is InChI=1S/C11H15BrO2/c1-14-8-9-4-2-6-11(12)10(9)5-3-7-13/h2,4,6,13H,3,5,7-8H2,1H3. The van der Waals surface area contributed by atoms with Crippen LogP contribution in [0, 0.1) is 0 Å². The third-order valence-electron chi connectivity index (χ3n) is 2.10. The van der Waals surface area contributed by atoms with Crippen LogP contribution in [0.15, 0.2) is 22.7 Å². The van der Waals surface area contributed by atoms with Crippen molar-refractivity contribution in [2.24, 2.45) is 0 Å². The minimum Gasteiger partial charge on any atom is -0.396 e. The van der Waals surface area contributed by atoms with Gasteiger partial charge in [-0.25, -0.2) is 0 Å². The summed E-state index contributed by atoms with van der Waals surface area (Å²) >= 11 is 3.51. The average Bonchev–Trinajstić information content (AvgIpc) is 2.18. The highest BCUT2D eigenvalue weighted by Gasteiger charge is 2.05. The molecule has 1 aromatic carbocycles. The van der Waals surface area contributed by atoms with E-state index in [4.69, 9.17) is 9.84 Å². The van der Waals surface area contributed by atoms with Crippen LogP contribution in [0.2, 0.25) is 0 Å². The zero-order chi connectivity index (χ0) is 10.4. The van der Waals surface area contributed by atoms with Crippen molar-refractivity contribution in [1.29, 1.82) is 0 Å². The molecule has 0 aliphatic carbocycles. The van der Waals surface area contributed by atoms with Crippen molar-refractivity contribution >= 4 is 15.9 Å². The summed E-state index contributed by atoms with van der Waals surface area (Å²) < 4.78 is 6.22. The molecule has 1 N–H and O–H groups in total. The maximum absolute atomic E-state index is 8.79. The van der Waals surface area contributed by atoms with Gasteiger partial charge in [0.15, 0.2) is 0 Å². The van der Waals surface area contributed by atoms with Crippen molar-refractivity contribution in [3.8, 4) is 0 Å². The minimum absolute atomic E-state index is 0.230. The Morgan fingerprint density at radius 2 is 2.21 bits per heavy atom. The first-order chi connectivity index (χ1) is 6.79. The lowest BCUT2D eigenvalue weighted by molar-refractivity contribution is 0.184. The molecule has 0 aromatic heterocycles. The molecule has 1 rings (SSSR count). The first kappa shape index (κ1) is 11.7. The van der Waals surface area contributed by atoms with Crippen LogP contribution < -0.4 is 0 Å². The lowest BCUT2D eigenvalue weighted by atomic mass is 10.0. The highest BCUT2D eigenvalue weighted by Crippen LogP contribution is 2.22. The van der Waals surface area contributed by atoms with Gasteiger partial charge in [-0.05, 0) is 30.0 Å². The summed E-state index contributed by atoms with van der Waals surface area (Å²) in [6.07, 6.45) is 1.68. The van der Waals surface area contributed by atoms with Crippen LogP contribution in [0.4, 0.5) is 0 Å². The first-order valence-corrected chi connectivity index (χ1v) is 5.45. The van der Waals surface area contributed by atoms with Gasteiger partial charge in [-0.3, -0.25) is 0 Å². The van der Waals surface area contributed by atoms with E-state index >= 15 is 0 Å². The molecule has 0 fully saturated rings. The highest BCUT2D eigenvalue weighted by atomic mass is 79.9. The van der Waals surface area contributed by atoms with Crippen LogP contribution in [0.25, 0.3) is 0 Å². The largest absolute Gasteiger partial charge is 0.396 e. The van der Waals surface area contributed by atoms with Crippen LogP contribution in [0.5, 0.6) is 0 Å². The number of aliphatic hydroxyl groups is 1. The van der Waals surface area contributed by atoms with E-state index < -0.39 is 0 Å². The number of benzene rings is 1. The molecule has 0 heterocycles. The van der Waals surface area contributed by atoms with Gasteiger partial charge in [0.25, 0.3) is 0 Å². The van der Waals surface area contributed by atoms with E-state index in [2.05, 4.69) is 22.0 Å². The minimum atomic E-state index is 0.230. The molecule has 0 spiro atoms. The Hall–Kier alpha value is -0.380. The molecule has 0 bridgehead atoms. The fraction of sp³-hybridized carbons (Fsp3) is 0.455. The SMILES string of the molecule is COCc1cccc(Br)c1CCCO. The number of halogens is 1. The summed E-state index contributed by atoms with van der Waals surface area (Å²) in [5.41, 5.74) is 2.43. The second kappa shape index (κ2) is 6.17. The van der Waals surface area contributed by atoms with Gasteiger partial charge in [0.1, 0.15) is 0 Å². The van der Waals surface area contributed by atoms with Gasteiger partial charge in [0.2, 0.25) is 0 Å². The van der Waals surface area contributed by atoms with Gasteiger partial charge >= 0.3 is 0 Å². The Morgan fingerprint density at radius 1 is 1.43 bits per heavy atom. The van der Waals surface area contributed by atoms with Crippen molar-refractivity contribution in [1.82, 2.24) is 0 Å². The van der Waals surface area contributed by atoms with Gasteiger partial charge in [-0.1, -0.05) is 28.1 Å². The fourth-order valence-corrected chi connectivity index (χ4v) is 2.04. The van der Waals surface area contributed by atoms with Crippen LogP contribution in [0.1, 0.15) is 17.5 Å². The van der Waals surface area contributed by atoms with Gasteiger partial charge < -0.3 is 9.84 Å². The third-order valence-corrected chi connectivity index (χ3v) is 2.84. The van der Waals surface area contributed by atoms with E-state index in [0.29, 0.717) is 6.61 Å². The molecule has 78 valence electrons. The summed E-state index contributed by atoms with van der Waals surface area (Å²) in [6.45, 7) is 0.855. The maximum atomic E-state index is 8.79. The predicted octanol–water partition coefficient (Wildman–Crippen LogP) is 2.52. The number of methoxy groups -OCH3 is 1. The smallest absolute Gasteiger partial charge is 0.0716 e. The number of hydrogen-bond acceptors (Lipinski definition) is 2. The summed E-state index contributed by atoms with van der Waals surface area (Å²) in [4.78, 5) is 0. The van der Waals surface area contributed by atoms with E-state index in [-0.39, 0.29) is 6.61 Å². The molecule has 0 aliphatic heterocycles. The maximum Gasteiger partial charge on any atom is 0.0716 e. The first-order valence-electron chi connectivity index (χ1n) is 4.65. The normalized spacial score (nSPS) is 10.5. The molecule has 14 heavy (non-hydrogen) atoms. The average molecular weight is 259 g/mol. The zero-order valence-electron chi connectivity index (χ0n) is 8.29. The third kappa shape index (κ3) is 3.08. The molecule has 2 nitrogen and oxygen atoms in total. The number of hydrogen-bond donors (Lipinski definition) is 1. The van der Waals surface area contributed by atoms with E-state index in [1.807, 2.05) is 12.1 Å². The molecule has 0 saturated carbocycles. The van der Waals surface area contributed by atoms with E-state index in [0.717, 1.165) is 17.3 Å². The van der Waals surface area contributed by atoms with Crippen LogP contribution in [-0.4, -0.2) is 18.8 Å². The molecule has 0 aliphatic rings. The summed E-state index contributed by atoms with van der Waals surface area (Å²) in [6, 6.07) is 6.08. The van der Waals surface area contributed by atoms with E-state index in [1.165, 1.54) is 11.1 Å². The van der Waals surface area contributed by atoms with E-state index in [9.17, 15) is 0 Å². The molecule has 0 unspecified atom stereocenters. The van der Waals surface area contributed by atoms with Gasteiger partial charge in [-0.2, -0.15) is 0 Å². The van der Waals surface area contributed by atoms with Crippen molar-refractivity contribution in [2.45, 2.75) is 19.4 Å². The topological polar surface area (TPSA) is 29.5 Å². The summed E-state index contributed by atoms with van der Waals surface area (Å²) in [5, 5.41) is 8.79. The lowest BCUT2D eigenvalue weighted by Crippen LogP contribution is -1.98. The second-order valence-electron chi connectivity index (χ2n) is 3.14. The predicted molar refractivity (Wildman–Crippen MR) is 60.3 cm³/mol. The lowest BCUT2D eigenvalue weighted by Gasteiger charge is -2.10. The molecular formula is C11H15BrO2. The number of aliphatic hydroxyl groups excluding tert-OH is 1. The van der Waals surface area contributed by atoms with Gasteiger partial charge in [0, 0.05) is 18.2 Å². The second-order valence-corrected chi connectivity index (χ2v) is 3.99. The molecule has 0 atom stereocenters. The van der Waals surface area contributed by atoms with Crippen molar-refractivity contribution < 1.29 is 9.84 Å². The van der Waals surface area contributed by atoms with Gasteiger partial charge in [0.05, 0.1) is 6.61 Å². The molecule has 1 aromatic rings. The molecule has 0 saturated heterocycles. The zero-order valence-corrected chi connectivity index (χ0v) is 9.88. The fourth-order valence-electron chi connectivity index (χ4n) is 1.43. The Balaban J connectivity index is 2.84. The van der Waals surface area contributed by atoms with Crippen molar-refractivity contribution in [3.63, 3.8) is 0 Å². The van der Waals surface area contributed by atoms with Crippen LogP contribution in [-0.2, 0) is 17.8 Å². The molecule has 3 heteroatoms. The Morgan fingerprint density at radius 3 is 2.86 bits per heavy atom. The van der Waals surface area contributed by atoms with Crippen LogP contribution in [0.3, 0.4) is 0 Å². The van der Waals surface area contributed by atoms with Crippen molar-refractivity contribution in [2.75, 3.05) is 13.7 Å². The highest BCUT2D eigenvalue weighted by molar-refractivity contribution is 9.10. The molecule has 0 radical (unpaired) electrons. The quantitative estimate of drug-likeness (QED) is 0.880. The summed E-state index contributed by atoms with van der Waals surface area (Å²) in [7, 11) is 1.69. The molecule has 0 amide bonds. The van der Waals surface area contributed by atoms with Crippen molar-refractivity contribution in [3.05, 3.63) is 33.8 Å². The number of rotatable bonds is 5. The summed E-state index contributed by atoms with van der Waals surface area (Å²) in [5.74, 6) is 0. The van der Waals surface area contributed by atoms with Gasteiger partial charge in [-0.15, -0.1) is 0 Å². The Labute approximate surface area is 93.0 Å².